The number of rotatable bonds is 2. The van der Waals surface area contributed by atoms with E-state index in [1.165, 1.54) is 17.8 Å². The van der Waals surface area contributed by atoms with Crippen molar-refractivity contribution in [2.24, 2.45) is 0 Å². The minimum absolute atomic E-state index is 0.254. The molecule has 1 aliphatic rings. The van der Waals surface area contributed by atoms with Crippen LogP contribution in [0, 0.1) is 5.82 Å². The molecule has 1 amide bonds. The Hall–Kier alpha value is -2.41. The third-order valence-electron chi connectivity index (χ3n) is 4.12. The van der Waals surface area contributed by atoms with Crippen LogP contribution in [0.1, 0.15) is 17.5 Å². The number of ether oxygens (including phenoxy) is 1. The predicted molar refractivity (Wildman–Crippen MR) is 89.6 cm³/mol. The topological polar surface area (TPSA) is 46.8 Å². The molecule has 3 aromatic rings. The van der Waals surface area contributed by atoms with E-state index < -0.39 is 0 Å². The summed E-state index contributed by atoms with van der Waals surface area (Å²) in [5, 5.41) is 0. The highest BCUT2D eigenvalue weighted by Gasteiger charge is 2.26. The lowest BCUT2D eigenvalue weighted by Crippen LogP contribution is -2.36. The van der Waals surface area contributed by atoms with E-state index in [0.29, 0.717) is 19.7 Å². The van der Waals surface area contributed by atoms with Crippen LogP contribution >= 0.6 is 11.3 Å². The Morgan fingerprint density at radius 3 is 2.92 bits per heavy atom. The normalized spacial score (nSPS) is 14.0. The fraction of sp³-hybridized carbons (Fsp3) is 0.294. The molecule has 0 radical (unpaired) electrons. The molecule has 2 aromatic heterocycles. The Labute approximate surface area is 142 Å². The van der Waals surface area contributed by atoms with Crippen LogP contribution in [0.2, 0.25) is 0 Å². The Kier molecular flexibility index (Phi) is 3.72. The number of hydrogen-bond donors (Lipinski definition) is 0. The number of fused-ring (bicyclic) bond motifs is 3. The predicted octanol–water partition coefficient (Wildman–Crippen LogP) is 3.72. The second-order valence-electron chi connectivity index (χ2n) is 5.63. The molecule has 0 atom stereocenters. The fourth-order valence-corrected chi connectivity index (χ4v) is 4.10. The van der Waals surface area contributed by atoms with Gasteiger partial charge >= 0.3 is 6.09 Å². The van der Waals surface area contributed by atoms with E-state index in [2.05, 4.69) is 9.38 Å². The first-order chi connectivity index (χ1) is 11.7. The van der Waals surface area contributed by atoms with Crippen LogP contribution in [-0.4, -0.2) is 33.5 Å². The maximum Gasteiger partial charge on any atom is 0.410 e. The molecule has 0 N–H and O–H groups in total. The molecule has 0 saturated heterocycles. The second kappa shape index (κ2) is 5.90. The molecule has 1 aromatic carbocycles. The van der Waals surface area contributed by atoms with Gasteiger partial charge in [0, 0.05) is 35.3 Å². The zero-order valence-corrected chi connectivity index (χ0v) is 14.0. The van der Waals surface area contributed by atoms with E-state index in [1.807, 2.05) is 13.1 Å². The van der Waals surface area contributed by atoms with Crippen molar-refractivity contribution in [1.29, 1.82) is 0 Å². The second-order valence-corrected chi connectivity index (χ2v) is 6.69. The highest BCUT2D eigenvalue weighted by Crippen LogP contribution is 2.31. The lowest BCUT2D eigenvalue weighted by Gasteiger charge is -2.25. The van der Waals surface area contributed by atoms with Gasteiger partial charge in [0.1, 0.15) is 5.82 Å². The fourth-order valence-electron chi connectivity index (χ4n) is 2.94. The van der Waals surface area contributed by atoms with Crippen molar-refractivity contribution in [1.82, 2.24) is 14.3 Å². The van der Waals surface area contributed by atoms with Crippen LogP contribution in [0.25, 0.3) is 16.2 Å². The molecule has 0 bridgehead atoms. The van der Waals surface area contributed by atoms with Gasteiger partial charge in [0.05, 0.1) is 18.8 Å². The summed E-state index contributed by atoms with van der Waals surface area (Å²) in [6.45, 7) is 3.40. The van der Waals surface area contributed by atoms with E-state index in [1.54, 1.807) is 28.4 Å². The Morgan fingerprint density at radius 1 is 1.38 bits per heavy atom. The lowest BCUT2D eigenvalue weighted by atomic mass is 10.1. The number of benzene rings is 1. The Balaban J connectivity index is 1.64. The lowest BCUT2D eigenvalue weighted by molar-refractivity contribution is 0.103. The largest absolute Gasteiger partial charge is 0.450 e. The smallest absolute Gasteiger partial charge is 0.410 e. The van der Waals surface area contributed by atoms with Gasteiger partial charge < -0.3 is 9.64 Å². The summed E-state index contributed by atoms with van der Waals surface area (Å²) in [6.07, 6.45) is 2.49. The number of amides is 1. The standard InChI is InChI=1S/C17H16FN3O2S/c1-2-23-17(22)20-8-7-14-15(10-20)24-16-19-13(9-21(14)16)11-3-5-12(18)6-4-11/h3-6,9H,2,7-8,10H2,1H3. The third-order valence-corrected chi connectivity index (χ3v) is 5.20. The zero-order chi connectivity index (χ0) is 16.7. The summed E-state index contributed by atoms with van der Waals surface area (Å²) in [5.74, 6) is -0.254. The summed E-state index contributed by atoms with van der Waals surface area (Å²) in [7, 11) is 0. The van der Waals surface area contributed by atoms with Crippen molar-refractivity contribution >= 4 is 22.4 Å². The summed E-state index contributed by atoms with van der Waals surface area (Å²) >= 11 is 1.59. The highest BCUT2D eigenvalue weighted by molar-refractivity contribution is 7.17. The van der Waals surface area contributed by atoms with Crippen LogP contribution in [-0.2, 0) is 17.7 Å². The van der Waals surface area contributed by atoms with E-state index in [9.17, 15) is 9.18 Å². The van der Waals surface area contributed by atoms with Gasteiger partial charge in [-0.25, -0.2) is 14.2 Å². The van der Waals surface area contributed by atoms with E-state index in [0.717, 1.165) is 27.5 Å². The highest BCUT2D eigenvalue weighted by atomic mass is 32.1. The molecule has 3 heterocycles. The molecule has 4 rings (SSSR count). The first-order valence-corrected chi connectivity index (χ1v) is 8.64. The molecule has 0 unspecified atom stereocenters. The van der Waals surface area contributed by atoms with E-state index in [4.69, 9.17) is 4.74 Å². The van der Waals surface area contributed by atoms with Crippen molar-refractivity contribution in [2.45, 2.75) is 19.9 Å². The minimum Gasteiger partial charge on any atom is -0.450 e. The van der Waals surface area contributed by atoms with Gasteiger partial charge in [0.2, 0.25) is 0 Å². The monoisotopic (exact) mass is 345 g/mol. The van der Waals surface area contributed by atoms with Crippen molar-refractivity contribution in [3.8, 4) is 11.3 Å². The number of halogens is 1. The molecular weight excluding hydrogens is 329 g/mol. The quantitative estimate of drug-likeness (QED) is 0.711. The molecule has 0 saturated carbocycles. The molecular formula is C17H16FN3O2S. The molecule has 0 spiro atoms. The van der Waals surface area contributed by atoms with Gasteiger partial charge in [-0.1, -0.05) is 11.3 Å². The molecule has 124 valence electrons. The van der Waals surface area contributed by atoms with Gasteiger partial charge in [-0.2, -0.15) is 0 Å². The van der Waals surface area contributed by atoms with Crippen molar-refractivity contribution in [3.05, 3.63) is 46.9 Å². The maximum atomic E-state index is 13.1. The van der Waals surface area contributed by atoms with Gasteiger partial charge in [-0.05, 0) is 31.2 Å². The summed E-state index contributed by atoms with van der Waals surface area (Å²) < 4.78 is 20.2. The van der Waals surface area contributed by atoms with Gasteiger partial charge in [-0.15, -0.1) is 0 Å². The molecule has 0 aliphatic carbocycles. The van der Waals surface area contributed by atoms with Crippen molar-refractivity contribution in [2.75, 3.05) is 13.2 Å². The van der Waals surface area contributed by atoms with Crippen LogP contribution < -0.4 is 0 Å². The first-order valence-electron chi connectivity index (χ1n) is 7.83. The van der Waals surface area contributed by atoms with Crippen LogP contribution in [0.4, 0.5) is 9.18 Å². The number of hydrogen-bond acceptors (Lipinski definition) is 4. The summed E-state index contributed by atoms with van der Waals surface area (Å²) in [5.41, 5.74) is 2.92. The molecule has 5 nitrogen and oxygen atoms in total. The van der Waals surface area contributed by atoms with Crippen LogP contribution in [0.3, 0.4) is 0 Å². The van der Waals surface area contributed by atoms with Crippen LogP contribution in [0.5, 0.6) is 0 Å². The third kappa shape index (κ3) is 2.54. The molecule has 7 heteroatoms. The Morgan fingerprint density at radius 2 is 2.17 bits per heavy atom. The summed E-state index contributed by atoms with van der Waals surface area (Å²) in [6, 6.07) is 6.35. The number of aromatic nitrogens is 2. The van der Waals surface area contributed by atoms with E-state index in [-0.39, 0.29) is 11.9 Å². The number of carbonyl (C=O) groups is 1. The molecule has 1 aliphatic heterocycles. The number of carbonyl (C=O) groups excluding carboxylic acids is 1. The first kappa shape index (κ1) is 15.1. The Bertz CT molecular complexity index is 901. The van der Waals surface area contributed by atoms with Gasteiger partial charge in [0.15, 0.2) is 4.96 Å². The average molecular weight is 345 g/mol. The average Bonchev–Trinajstić information content (AvgIpc) is 3.12. The minimum atomic E-state index is -0.263. The van der Waals surface area contributed by atoms with Gasteiger partial charge in [-0.3, -0.25) is 4.40 Å². The molecule has 0 fully saturated rings. The SMILES string of the molecule is CCOC(=O)N1CCc2c(sc3nc(-c4ccc(F)cc4)cn23)C1. The maximum absolute atomic E-state index is 13.1. The van der Waals surface area contributed by atoms with Crippen LogP contribution in [0.15, 0.2) is 30.5 Å². The number of nitrogens with zero attached hydrogens (tertiary/aromatic N) is 3. The zero-order valence-electron chi connectivity index (χ0n) is 13.2. The van der Waals surface area contributed by atoms with E-state index >= 15 is 0 Å². The molecule has 24 heavy (non-hydrogen) atoms. The summed E-state index contributed by atoms with van der Waals surface area (Å²) in [4.78, 5) is 20.3. The number of imidazole rings is 1. The van der Waals surface area contributed by atoms with Crippen molar-refractivity contribution < 1.29 is 13.9 Å². The van der Waals surface area contributed by atoms with Gasteiger partial charge in [0.25, 0.3) is 0 Å². The number of thiazole rings is 1. The van der Waals surface area contributed by atoms with Crippen molar-refractivity contribution in [3.63, 3.8) is 0 Å².